The fourth-order valence-corrected chi connectivity index (χ4v) is 5.53. The molecule has 1 saturated carbocycles. The van der Waals surface area contributed by atoms with Crippen molar-refractivity contribution in [3.8, 4) is 28.2 Å². The molecule has 10 heteroatoms. The van der Waals surface area contributed by atoms with E-state index in [1.54, 1.807) is 17.7 Å². The van der Waals surface area contributed by atoms with Crippen molar-refractivity contribution in [2.45, 2.75) is 37.5 Å². The lowest BCUT2D eigenvalue weighted by Crippen LogP contribution is -2.07. The van der Waals surface area contributed by atoms with Gasteiger partial charge in [-0.25, -0.2) is 18.9 Å². The first kappa shape index (κ1) is 25.0. The maximum Gasteiger partial charge on any atom is 0.355 e. The lowest BCUT2D eigenvalue weighted by molar-refractivity contribution is 0.0691. The molecule has 0 aliphatic heterocycles. The molecule has 0 radical (unpaired) electrons. The minimum Gasteiger partial charge on any atom is -0.476 e. The molecular formula is C27H24FN4O3S2+. The van der Waals surface area contributed by atoms with Crippen molar-refractivity contribution in [2.24, 2.45) is 11.1 Å². The lowest BCUT2D eigenvalue weighted by Gasteiger charge is -2.09. The first-order chi connectivity index (χ1) is 17.8. The predicted molar refractivity (Wildman–Crippen MR) is 142 cm³/mol. The van der Waals surface area contributed by atoms with Crippen LogP contribution in [0.4, 0.5) is 4.39 Å². The summed E-state index contributed by atoms with van der Waals surface area (Å²) >= 11 is 1.21. The molecule has 1 fully saturated rings. The Morgan fingerprint density at radius 1 is 1.30 bits per heavy atom. The Balaban J connectivity index is 1.69. The number of thiazole rings is 1. The number of nitrogens with zero attached hydrogens (tertiary/aromatic N) is 3. The van der Waals surface area contributed by atoms with E-state index in [0.717, 1.165) is 41.6 Å². The number of hydrogen-bond donors (Lipinski definition) is 2. The van der Waals surface area contributed by atoms with Crippen LogP contribution in [-0.2, 0) is 28.0 Å². The highest BCUT2D eigenvalue weighted by molar-refractivity contribution is 7.82. The fourth-order valence-electron chi connectivity index (χ4n) is 4.26. The zero-order valence-corrected chi connectivity index (χ0v) is 21.7. The maximum absolute atomic E-state index is 14.7. The summed E-state index contributed by atoms with van der Waals surface area (Å²) in [5, 5.41) is 21.7. The van der Waals surface area contributed by atoms with E-state index in [4.69, 9.17) is 10.2 Å². The summed E-state index contributed by atoms with van der Waals surface area (Å²) in [6.45, 7) is 1.77. The van der Waals surface area contributed by atoms with Crippen LogP contribution in [0, 0.1) is 23.6 Å². The van der Waals surface area contributed by atoms with Gasteiger partial charge in [0, 0.05) is 28.5 Å². The smallest absolute Gasteiger partial charge is 0.355 e. The summed E-state index contributed by atoms with van der Waals surface area (Å²) in [5.74, 6) is 4.78. The van der Waals surface area contributed by atoms with Crippen molar-refractivity contribution < 1.29 is 18.5 Å². The number of aromatic nitrogens is 3. The third kappa shape index (κ3) is 5.39. The Morgan fingerprint density at radius 3 is 2.76 bits per heavy atom. The van der Waals surface area contributed by atoms with E-state index in [9.17, 15) is 18.5 Å². The zero-order valence-electron chi connectivity index (χ0n) is 19.9. The standard InChI is InChI=1S/C27H23FN4O3S2/c1-2-4-16-5-3-6-19(11-16)25-20(12-18-9-10-24(37(29)35)21(28)13-18)23(14-17-7-8-17)32(31-25)27-30-22(15-36-27)26(33)34/h3,5-6,9-11,13,15,17H,7-8,12,14H2,1H3,(H2,29,35)(H,33,34)/p+1. The number of carboxylic acid groups (broad SMARTS) is 1. The number of hydrogen-bond acceptors (Lipinski definition) is 5. The van der Waals surface area contributed by atoms with Gasteiger partial charge in [0.1, 0.15) is 0 Å². The normalized spacial score (nSPS) is 13.7. The van der Waals surface area contributed by atoms with Crippen LogP contribution in [0.15, 0.2) is 52.7 Å². The number of benzene rings is 2. The third-order valence-electron chi connectivity index (χ3n) is 6.20. The van der Waals surface area contributed by atoms with Gasteiger partial charge in [-0.1, -0.05) is 28.3 Å². The summed E-state index contributed by atoms with van der Waals surface area (Å²) in [6, 6.07) is 12.3. The van der Waals surface area contributed by atoms with Gasteiger partial charge in [0.15, 0.2) is 22.5 Å². The van der Waals surface area contributed by atoms with Crippen molar-refractivity contribution in [3.05, 3.63) is 81.7 Å². The van der Waals surface area contributed by atoms with E-state index in [2.05, 4.69) is 16.8 Å². The summed E-state index contributed by atoms with van der Waals surface area (Å²) < 4.78 is 28.1. The molecule has 1 aliphatic rings. The minimum absolute atomic E-state index is 0.0114. The molecule has 0 spiro atoms. The topological polar surface area (TPSA) is 111 Å². The zero-order chi connectivity index (χ0) is 26.1. The lowest BCUT2D eigenvalue weighted by atomic mass is 9.96. The van der Waals surface area contributed by atoms with Crippen LogP contribution in [0.3, 0.4) is 0 Å². The van der Waals surface area contributed by atoms with Gasteiger partial charge in [0.05, 0.1) is 11.4 Å². The fraction of sp³-hybridized carbons (Fsp3) is 0.222. The molecule has 4 aromatic rings. The Hall–Kier alpha value is -3.65. The minimum atomic E-state index is -2.29. The van der Waals surface area contributed by atoms with Crippen LogP contribution in [0.5, 0.6) is 0 Å². The van der Waals surface area contributed by atoms with Crippen LogP contribution in [0.2, 0.25) is 0 Å². The van der Waals surface area contributed by atoms with Crippen molar-refractivity contribution in [2.75, 3.05) is 0 Å². The molecule has 0 bridgehead atoms. The van der Waals surface area contributed by atoms with E-state index >= 15 is 0 Å². The van der Waals surface area contributed by atoms with Gasteiger partial charge in [-0.3, -0.25) is 0 Å². The van der Waals surface area contributed by atoms with Gasteiger partial charge in [-0.2, -0.15) is 5.10 Å². The molecule has 37 heavy (non-hydrogen) atoms. The SMILES string of the molecule is CC#Cc1cccc(-c2nn(-c3nc(C(=O)O)cs3)c(CC3CC3)c2Cc2ccc([SH+](N)=O)c(F)c2)c1. The second-order valence-electron chi connectivity index (χ2n) is 8.90. The second kappa shape index (κ2) is 10.4. The van der Waals surface area contributed by atoms with Crippen LogP contribution >= 0.6 is 11.3 Å². The largest absolute Gasteiger partial charge is 0.476 e. The van der Waals surface area contributed by atoms with Crippen molar-refractivity contribution >= 4 is 28.3 Å². The van der Waals surface area contributed by atoms with Gasteiger partial charge in [-0.05, 0) is 61.9 Å². The Morgan fingerprint density at radius 2 is 2.11 bits per heavy atom. The maximum atomic E-state index is 14.7. The molecule has 188 valence electrons. The summed E-state index contributed by atoms with van der Waals surface area (Å²) in [7, 11) is -2.29. The van der Waals surface area contributed by atoms with Crippen LogP contribution in [0.25, 0.3) is 16.4 Å². The molecule has 7 nitrogen and oxygen atoms in total. The molecular weight excluding hydrogens is 511 g/mol. The second-order valence-corrected chi connectivity index (χ2v) is 10.9. The Kier molecular flexibility index (Phi) is 7.02. The average molecular weight is 536 g/mol. The van der Waals surface area contributed by atoms with Crippen molar-refractivity contribution in [1.82, 2.24) is 14.8 Å². The van der Waals surface area contributed by atoms with E-state index < -0.39 is 22.8 Å². The summed E-state index contributed by atoms with van der Waals surface area (Å²) in [6.07, 6.45) is 3.32. The Bertz CT molecular complexity index is 1590. The molecule has 1 atom stereocenters. The quantitative estimate of drug-likeness (QED) is 0.193. The predicted octanol–water partition coefficient (Wildman–Crippen LogP) is 4.68. The highest BCUT2D eigenvalue weighted by Gasteiger charge is 2.29. The third-order valence-corrected chi connectivity index (χ3v) is 7.85. The molecule has 1 aliphatic carbocycles. The van der Waals surface area contributed by atoms with Gasteiger partial charge < -0.3 is 5.11 Å². The van der Waals surface area contributed by atoms with E-state index in [-0.39, 0.29) is 10.6 Å². The number of thiol groups is 1. The number of halogens is 1. The van der Waals surface area contributed by atoms with Crippen LogP contribution in [0.1, 0.15) is 52.6 Å². The number of nitrogens with two attached hydrogens (primary N) is 1. The van der Waals surface area contributed by atoms with Gasteiger partial charge in [0.2, 0.25) is 10.0 Å². The molecule has 2 aromatic heterocycles. The van der Waals surface area contributed by atoms with Crippen LogP contribution in [-0.4, -0.2) is 25.8 Å². The number of aromatic carboxylic acids is 1. The molecule has 5 rings (SSSR count). The molecule has 1 unspecified atom stereocenters. The molecule has 2 heterocycles. The van der Waals surface area contributed by atoms with Gasteiger partial charge >= 0.3 is 5.97 Å². The molecule has 3 N–H and O–H groups in total. The first-order valence-electron chi connectivity index (χ1n) is 11.7. The monoisotopic (exact) mass is 535 g/mol. The van der Waals surface area contributed by atoms with E-state index in [1.807, 2.05) is 24.3 Å². The average Bonchev–Trinajstić information content (AvgIpc) is 3.42. The first-order valence-corrected chi connectivity index (χ1v) is 13.9. The van der Waals surface area contributed by atoms with Crippen LogP contribution < -0.4 is 5.14 Å². The van der Waals surface area contributed by atoms with Gasteiger partial charge in [-0.15, -0.1) is 22.4 Å². The summed E-state index contributed by atoms with van der Waals surface area (Å²) in [5.41, 5.74) is 4.87. The highest BCUT2D eigenvalue weighted by atomic mass is 32.2. The highest BCUT2D eigenvalue weighted by Crippen LogP contribution is 2.38. The van der Waals surface area contributed by atoms with Gasteiger partial charge in [0.25, 0.3) is 0 Å². The molecule has 0 amide bonds. The number of carbonyl (C=O) groups is 1. The van der Waals surface area contributed by atoms with Crippen molar-refractivity contribution in [3.63, 3.8) is 0 Å². The molecule has 2 aromatic carbocycles. The summed E-state index contributed by atoms with van der Waals surface area (Å²) in [4.78, 5) is 15.8. The van der Waals surface area contributed by atoms with E-state index in [0.29, 0.717) is 28.7 Å². The number of rotatable bonds is 8. The van der Waals surface area contributed by atoms with E-state index in [1.165, 1.54) is 28.8 Å². The number of carboxylic acids is 1. The van der Waals surface area contributed by atoms with Crippen molar-refractivity contribution in [1.29, 1.82) is 0 Å². The molecule has 0 saturated heterocycles. The Labute approximate surface area is 219 Å².